The van der Waals surface area contributed by atoms with E-state index in [-0.39, 0.29) is 17.5 Å². The van der Waals surface area contributed by atoms with Gasteiger partial charge in [-0.15, -0.1) is 0 Å². The second-order valence-electron chi connectivity index (χ2n) is 8.03. The molecule has 0 radical (unpaired) electrons. The van der Waals surface area contributed by atoms with Gasteiger partial charge >= 0.3 is 0 Å². The van der Waals surface area contributed by atoms with Gasteiger partial charge in [-0.25, -0.2) is 0 Å². The molecule has 0 fully saturated rings. The molecule has 0 saturated carbocycles. The molecule has 0 saturated heterocycles. The Kier molecular flexibility index (Phi) is 8.06. The maximum Gasteiger partial charge on any atom is 0.278 e. The maximum atomic E-state index is 13.4. The number of methoxy groups -OCH3 is 1. The van der Waals surface area contributed by atoms with Crippen molar-refractivity contribution in [3.05, 3.63) is 64.9 Å². The Morgan fingerprint density at radius 1 is 0.938 bits per heavy atom. The van der Waals surface area contributed by atoms with Crippen molar-refractivity contribution in [2.75, 3.05) is 32.2 Å². The van der Waals surface area contributed by atoms with Crippen LogP contribution < -0.4 is 10.1 Å². The zero-order chi connectivity index (χ0) is 23.1. The molecule has 1 aliphatic rings. The average Bonchev–Trinajstić information content (AvgIpc) is 2.99. The third kappa shape index (κ3) is 5.37. The Bertz CT molecular complexity index is 992. The van der Waals surface area contributed by atoms with Gasteiger partial charge in [-0.2, -0.15) is 0 Å². The van der Waals surface area contributed by atoms with E-state index in [1.807, 2.05) is 38.1 Å². The number of aryl methyl sites for hydroxylation is 2. The minimum Gasteiger partial charge on any atom is -0.496 e. The van der Waals surface area contributed by atoms with Gasteiger partial charge in [-0.3, -0.25) is 14.5 Å². The topological polar surface area (TPSA) is 67.9 Å². The molecule has 0 spiro atoms. The minimum atomic E-state index is -0.330. The number of ether oxygens (including phenoxy) is 2. The third-order valence-corrected chi connectivity index (χ3v) is 5.35. The zero-order valence-electron chi connectivity index (χ0n) is 19.4. The van der Waals surface area contributed by atoms with E-state index in [9.17, 15) is 9.59 Å². The molecular formula is C26H32N2O4. The first-order chi connectivity index (χ1) is 15.5. The summed E-state index contributed by atoms with van der Waals surface area (Å²) in [6.45, 7) is 7.63. The van der Waals surface area contributed by atoms with Gasteiger partial charge < -0.3 is 14.8 Å². The number of benzene rings is 2. The molecule has 170 valence electrons. The van der Waals surface area contributed by atoms with E-state index in [1.165, 1.54) is 4.90 Å². The SMILES string of the molecule is CCCCOCCCN1C(=O)C(Nc2cc(C)cc(C)c2)=C(c2ccccc2OC)C1=O. The summed E-state index contributed by atoms with van der Waals surface area (Å²) in [6.07, 6.45) is 2.67. The second kappa shape index (κ2) is 11.0. The van der Waals surface area contributed by atoms with Gasteiger partial charge in [-0.1, -0.05) is 37.6 Å². The molecule has 0 bridgehead atoms. The molecule has 1 heterocycles. The maximum absolute atomic E-state index is 13.4. The summed E-state index contributed by atoms with van der Waals surface area (Å²) in [4.78, 5) is 28.0. The average molecular weight is 437 g/mol. The van der Waals surface area contributed by atoms with Crippen LogP contribution in [0.4, 0.5) is 5.69 Å². The van der Waals surface area contributed by atoms with Gasteiger partial charge in [0.1, 0.15) is 11.4 Å². The summed E-state index contributed by atoms with van der Waals surface area (Å²) in [5, 5.41) is 3.23. The van der Waals surface area contributed by atoms with Gasteiger partial charge in [0, 0.05) is 31.0 Å². The number of amides is 2. The lowest BCUT2D eigenvalue weighted by Gasteiger charge is -2.15. The molecule has 1 aliphatic heterocycles. The predicted molar refractivity (Wildman–Crippen MR) is 127 cm³/mol. The number of hydrogen-bond acceptors (Lipinski definition) is 5. The fraction of sp³-hybridized carbons (Fsp3) is 0.385. The Morgan fingerprint density at radius 3 is 2.31 bits per heavy atom. The number of nitrogens with one attached hydrogen (secondary N) is 1. The highest BCUT2D eigenvalue weighted by atomic mass is 16.5. The van der Waals surface area contributed by atoms with E-state index < -0.39 is 0 Å². The Morgan fingerprint density at radius 2 is 1.62 bits per heavy atom. The van der Waals surface area contributed by atoms with Crippen molar-refractivity contribution in [3.63, 3.8) is 0 Å². The van der Waals surface area contributed by atoms with E-state index in [0.29, 0.717) is 43.1 Å². The fourth-order valence-corrected chi connectivity index (χ4v) is 3.86. The normalized spacial score (nSPS) is 13.8. The molecule has 0 atom stereocenters. The number of carbonyl (C=O) groups is 2. The summed E-state index contributed by atoms with van der Waals surface area (Å²) in [7, 11) is 1.56. The molecule has 6 nitrogen and oxygen atoms in total. The van der Waals surface area contributed by atoms with Crippen molar-refractivity contribution in [2.45, 2.75) is 40.0 Å². The van der Waals surface area contributed by atoms with Crippen molar-refractivity contribution in [3.8, 4) is 5.75 Å². The standard InChI is InChI=1S/C26H32N2O4/c1-5-6-13-32-14-9-12-28-25(29)23(21-10-7-8-11-22(21)31-4)24(26(28)30)27-20-16-18(2)15-19(3)17-20/h7-8,10-11,15-17,27H,5-6,9,12-14H2,1-4H3. The number of para-hydroxylation sites is 1. The molecular weight excluding hydrogens is 404 g/mol. The smallest absolute Gasteiger partial charge is 0.278 e. The summed E-state index contributed by atoms with van der Waals surface area (Å²) in [5.41, 5.74) is 4.13. The Balaban J connectivity index is 1.90. The van der Waals surface area contributed by atoms with E-state index in [0.717, 1.165) is 29.7 Å². The Hall–Kier alpha value is -3.12. The van der Waals surface area contributed by atoms with Crippen molar-refractivity contribution in [1.82, 2.24) is 4.90 Å². The zero-order valence-corrected chi connectivity index (χ0v) is 19.4. The third-order valence-electron chi connectivity index (χ3n) is 5.35. The van der Waals surface area contributed by atoms with Gasteiger partial charge in [-0.05, 0) is 56.0 Å². The van der Waals surface area contributed by atoms with Crippen LogP contribution in [0.3, 0.4) is 0 Å². The summed E-state index contributed by atoms with van der Waals surface area (Å²) >= 11 is 0. The van der Waals surface area contributed by atoms with Crippen molar-refractivity contribution in [1.29, 1.82) is 0 Å². The lowest BCUT2D eigenvalue weighted by molar-refractivity contribution is -0.137. The molecule has 2 amide bonds. The number of imide groups is 1. The van der Waals surface area contributed by atoms with Crippen LogP contribution in [0.1, 0.15) is 42.9 Å². The second-order valence-corrected chi connectivity index (χ2v) is 8.03. The lowest BCUT2D eigenvalue weighted by Crippen LogP contribution is -2.34. The van der Waals surface area contributed by atoms with Gasteiger partial charge in [0.25, 0.3) is 11.8 Å². The molecule has 0 aromatic heterocycles. The summed E-state index contributed by atoms with van der Waals surface area (Å²) < 4.78 is 11.1. The fourth-order valence-electron chi connectivity index (χ4n) is 3.86. The number of hydrogen-bond donors (Lipinski definition) is 1. The van der Waals surface area contributed by atoms with Crippen molar-refractivity contribution >= 4 is 23.1 Å². The number of anilines is 1. The highest BCUT2D eigenvalue weighted by Crippen LogP contribution is 2.35. The highest BCUT2D eigenvalue weighted by Gasteiger charge is 2.39. The number of unbranched alkanes of at least 4 members (excludes halogenated alkanes) is 1. The lowest BCUT2D eigenvalue weighted by atomic mass is 10.0. The molecule has 2 aromatic rings. The largest absolute Gasteiger partial charge is 0.496 e. The molecule has 32 heavy (non-hydrogen) atoms. The van der Waals surface area contributed by atoms with E-state index >= 15 is 0 Å². The minimum absolute atomic E-state index is 0.274. The predicted octanol–water partition coefficient (Wildman–Crippen LogP) is 4.71. The van der Waals surface area contributed by atoms with Crippen LogP contribution in [0.5, 0.6) is 5.75 Å². The molecule has 3 rings (SSSR count). The highest BCUT2D eigenvalue weighted by molar-refractivity contribution is 6.37. The quantitative estimate of drug-likeness (QED) is 0.408. The Labute approximate surface area is 190 Å². The van der Waals surface area contributed by atoms with Crippen molar-refractivity contribution < 1.29 is 19.1 Å². The van der Waals surface area contributed by atoms with Crippen LogP contribution in [0.15, 0.2) is 48.2 Å². The first-order valence-corrected chi connectivity index (χ1v) is 11.1. The first kappa shape index (κ1) is 23.5. The molecule has 6 heteroatoms. The monoisotopic (exact) mass is 436 g/mol. The van der Waals surface area contributed by atoms with Crippen LogP contribution in [-0.2, 0) is 14.3 Å². The van der Waals surface area contributed by atoms with Crippen LogP contribution in [0.25, 0.3) is 5.57 Å². The number of nitrogens with zero attached hydrogens (tertiary/aromatic N) is 1. The van der Waals surface area contributed by atoms with Crippen LogP contribution in [-0.4, -0.2) is 43.6 Å². The van der Waals surface area contributed by atoms with Crippen molar-refractivity contribution in [2.24, 2.45) is 0 Å². The number of carbonyl (C=O) groups excluding carboxylic acids is 2. The molecule has 1 N–H and O–H groups in total. The van der Waals surface area contributed by atoms with E-state index in [1.54, 1.807) is 19.2 Å². The van der Waals surface area contributed by atoms with E-state index in [4.69, 9.17) is 9.47 Å². The van der Waals surface area contributed by atoms with Crippen LogP contribution >= 0.6 is 0 Å². The summed E-state index contributed by atoms with van der Waals surface area (Å²) in [6, 6.07) is 13.3. The van der Waals surface area contributed by atoms with Crippen LogP contribution in [0.2, 0.25) is 0 Å². The molecule has 0 unspecified atom stereocenters. The van der Waals surface area contributed by atoms with Gasteiger partial charge in [0.05, 0.1) is 12.7 Å². The van der Waals surface area contributed by atoms with Gasteiger partial charge in [0.15, 0.2) is 0 Å². The molecule has 2 aromatic carbocycles. The summed E-state index contributed by atoms with van der Waals surface area (Å²) in [5.74, 6) is -0.100. The van der Waals surface area contributed by atoms with Gasteiger partial charge in [0.2, 0.25) is 0 Å². The molecule has 0 aliphatic carbocycles. The van der Waals surface area contributed by atoms with E-state index in [2.05, 4.69) is 18.3 Å². The number of rotatable bonds is 11. The van der Waals surface area contributed by atoms with Crippen LogP contribution in [0, 0.1) is 13.8 Å². The first-order valence-electron chi connectivity index (χ1n) is 11.1.